The van der Waals surface area contributed by atoms with E-state index in [9.17, 15) is 13.2 Å². The number of nitrogens with one attached hydrogen (secondary N) is 3. The van der Waals surface area contributed by atoms with E-state index in [-0.39, 0.29) is 30.0 Å². The summed E-state index contributed by atoms with van der Waals surface area (Å²) in [6.07, 6.45) is 0. The minimum atomic E-state index is -3.65. The molecule has 0 radical (unpaired) electrons. The topological polar surface area (TPSA) is 96.5 Å². The Kier molecular flexibility index (Phi) is 8.18. The van der Waals surface area contributed by atoms with Gasteiger partial charge in [0.15, 0.2) is 0 Å². The molecule has 7 nitrogen and oxygen atoms in total. The van der Waals surface area contributed by atoms with Gasteiger partial charge in [-0.1, -0.05) is 13.0 Å². The maximum absolute atomic E-state index is 12.1. The molecule has 8 heteroatoms. The normalized spacial score (nSPS) is 12.8. The number of rotatable bonds is 10. The van der Waals surface area contributed by atoms with Crippen LogP contribution in [0.15, 0.2) is 29.2 Å². The van der Waals surface area contributed by atoms with E-state index in [4.69, 9.17) is 4.74 Å². The maximum atomic E-state index is 12.1. The van der Waals surface area contributed by atoms with E-state index in [2.05, 4.69) is 15.4 Å². The van der Waals surface area contributed by atoms with E-state index >= 15 is 0 Å². The standard InChI is InChI=1S/C15H25N3O4S/c1-4-16-12(2)11-17-15(19)13-6-5-7-14(10-13)23(20,21)18-8-9-22-3/h5-7,10,12,16,18H,4,8-9,11H2,1-3H3,(H,17,19)/t12-/m1/s1. The first-order valence-electron chi connectivity index (χ1n) is 7.51. The Balaban J connectivity index is 2.74. The summed E-state index contributed by atoms with van der Waals surface area (Å²) in [6.45, 7) is 5.69. The molecule has 1 rings (SSSR count). The van der Waals surface area contributed by atoms with Gasteiger partial charge in [-0.3, -0.25) is 4.79 Å². The fourth-order valence-corrected chi connectivity index (χ4v) is 2.99. The summed E-state index contributed by atoms with van der Waals surface area (Å²) < 4.78 is 31.5. The smallest absolute Gasteiger partial charge is 0.251 e. The second-order valence-electron chi connectivity index (χ2n) is 5.09. The third-order valence-corrected chi connectivity index (χ3v) is 4.58. The molecule has 1 amide bonds. The molecule has 0 aliphatic heterocycles. The van der Waals surface area contributed by atoms with Crippen LogP contribution in [0.5, 0.6) is 0 Å². The number of hydrogen-bond donors (Lipinski definition) is 3. The van der Waals surface area contributed by atoms with Crippen molar-refractivity contribution in [2.75, 3.05) is 33.4 Å². The lowest BCUT2D eigenvalue weighted by Gasteiger charge is -2.13. The van der Waals surface area contributed by atoms with Crippen molar-refractivity contribution >= 4 is 15.9 Å². The molecule has 0 fully saturated rings. The molecule has 1 aromatic carbocycles. The van der Waals surface area contributed by atoms with Gasteiger partial charge in [0, 0.05) is 31.8 Å². The first-order chi connectivity index (χ1) is 10.9. The van der Waals surface area contributed by atoms with Gasteiger partial charge in [-0.2, -0.15) is 0 Å². The van der Waals surface area contributed by atoms with Crippen molar-refractivity contribution in [3.05, 3.63) is 29.8 Å². The lowest BCUT2D eigenvalue weighted by molar-refractivity contribution is 0.0950. The van der Waals surface area contributed by atoms with Crippen LogP contribution in [0.2, 0.25) is 0 Å². The molecular formula is C15H25N3O4S. The van der Waals surface area contributed by atoms with Gasteiger partial charge in [0.2, 0.25) is 10.0 Å². The van der Waals surface area contributed by atoms with Crippen molar-refractivity contribution in [1.29, 1.82) is 0 Å². The van der Waals surface area contributed by atoms with Gasteiger partial charge < -0.3 is 15.4 Å². The molecular weight excluding hydrogens is 318 g/mol. The quantitative estimate of drug-likeness (QED) is 0.532. The van der Waals surface area contributed by atoms with Crippen LogP contribution in [-0.2, 0) is 14.8 Å². The zero-order chi connectivity index (χ0) is 17.3. The first-order valence-corrected chi connectivity index (χ1v) is 8.99. The van der Waals surface area contributed by atoms with Gasteiger partial charge in [0.25, 0.3) is 5.91 Å². The number of sulfonamides is 1. The van der Waals surface area contributed by atoms with Gasteiger partial charge in [-0.25, -0.2) is 13.1 Å². The van der Waals surface area contributed by atoms with Crippen LogP contribution in [0, 0.1) is 0 Å². The molecule has 0 unspecified atom stereocenters. The van der Waals surface area contributed by atoms with E-state index in [1.54, 1.807) is 12.1 Å². The molecule has 1 aromatic rings. The second kappa shape index (κ2) is 9.61. The van der Waals surface area contributed by atoms with Crippen molar-refractivity contribution in [3.8, 4) is 0 Å². The molecule has 0 aliphatic rings. The SMILES string of the molecule is CCN[C@H](C)CNC(=O)c1cccc(S(=O)(=O)NCCOC)c1. The zero-order valence-corrected chi connectivity index (χ0v) is 14.6. The molecule has 0 saturated heterocycles. The number of ether oxygens (including phenoxy) is 1. The molecule has 130 valence electrons. The van der Waals surface area contributed by atoms with Crippen LogP contribution >= 0.6 is 0 Å². The minimum Gasteiger partial charge on any atom is -0.383 e. The highest BCUT2D eigenvalue weighted by molar-refractivity contribution is 7.89. The summed E-state index contributed by atoms with van der Waals surface area (Å²) >= 11 is 0. The molecule has 0 heterocycles. The first kappa shape index (κ1) is 19.6. The van der Waals surface area contributed by atoms with E-state index < -0.39 is 10.0 Å². The van der Waals surface area contributed by atoms with Gasteiger partial charge in [-0.15, -0.1) is 0 Å². The Hall–Kier alpha value is -1.48. The van der Waals surface area contributed by atoms with Crippen LogP contribution < -0.4 is 15.4 Å². The molecule has 3 N–H and O–H groups in total. The predicted octanol–water partition coefficient (Wildman–Crippen LogP) is 0.339. The number of amides is 1. The number of hydrogen-bond acceptors (Lipinski definition) is 5. The van der Waals surface area contributed by atoms with Crippen molar-refractivity contribution in [3.63, 3.8) is 0 Å². The Labute approximate surface area is 137 Å². The van der Waals surface area contributed by atoms with Crippen LogP contribution in [0.25, 0.3) is 0 Å². The molecule has 0 bridgehead atoms. The third-order valence-electron chi connectivity index (χ3n) is 3.13. The Morgan fingerprint density at radius 3 is 2.74 bits per heavy atom. The molecule has 0 aromatic heterocycles. The van der Waals surface area contributed by atoms with Gasteiger partial charge in [0.1, 0.15) is 0 Å². The largest absolute Gasteiger partial charge is 0.383 e. The number of carbonyl (C=O) groups is 1. The summed E-state index contributed by atoms with van der Waals surface area (Å²) in [7, 11) is -2.16. The third kappa shape index (κ3) is 6.66. The lowest BCUT2D eigenvalue weighted by atomic mass is 10.2. The van der Waals surface area contributed by atoms with E-state index in [1.165, 1.54) is 19.2 Å². The van der Waals surface area contributed by atoms with Crippen LogP contribution in [0.1, 0.15) is 24.2 Å². The fraction of sp³-hybridized carbons (Fsp3) is 0.533. The van der Waals surface area contributed by atoms with Crippen molar-refractivity contribution in [2.45, 2.75) is 24.8 Å². The number of methoxy groups -OCH3 is 1. The minimum absolute atomic E-state index is 0.0565. The average molecular weight is 343 g/mol. The summed E-state index contributed by atoms with van der Waals surface area (Å²) in [4.78, 5) is 12.2. The molecule has 0 saturated carbocycles. The van der Waals surface area contributed by atoms with E-state index in [0.717, 1.165) is 6.54 Å². The van der Waals surface area contributed by atoms with Gasteiger partial charge >= 0.3 is 0 Å². The van der Waals surface area contributed by atoms with Gasteiger partial charge in [-0.05, 0) is 31.7 Å². The highest BCUT2D eigenvalue weighted by Gasteiger charge is 2.16. The fourth-order valence-electron chi connectivity index (χ4n) is 1.93. The van der Waals surface area contributed by atoms with Crippen molar-refractivity contribution in [1.82, 2.24) is 15.4 Å². The van der Waals surface area contributed by atoms with E-state index in [1.807, 2.05) is 13.8 Å². The Bertz CT molecular complexity index is 604. The average Bonchev–Trinajstić information content (AvgIpc) is 2.53. The number of carbonyl (C=O) groups excluding carboxylic acids is 1. The van der Waals surface area contributed by atoms with Crippen LogP contribution in [0.4, 0.5) is 0 Å². The monoisotopic (exact) mass is 343 g/mol. The predicted molar refractivity (Wildman–Crippen MR) is 89.0 cm³/mol. The molecule has 1 atom stereocenters. The highest BCUT2D eigenvalue weighted by atomic mass is 32.2. The number of likely N-dealkylation sites (N-methyl/N-ethyl adjacent to an activating group) is 1. The van der Waals surface area contributed by atoms with Crippen LogP contribution in [-0.4, -0.2) is 53.7 Å². The van der Waals surface area contributed by atoms with Crippen molar-refractivity contribution in [2.24, 2.45) is 0 Å². The second-order valence-corrected chi connectivity index (χ2v) is 6.85. The van der Waals surface area contributed by atoms with E-state index in [0.29, 0.717) is 12.1 Å². The molecule has 0 aliphatic carbocycles. The molecule has 23 heavy (non-hydrogen) atoms. The van der Waals surface area contributed by atoms with Crippen molar-refractivity contribution < 1.29 is 17.9 Å². The summed E-state index contributed by atoms with van der Waals surface area (Å²) in [5.41, 5.74) is 0.309. The summed E-state index contributed by atoms with van der Waals surface area (Å²) in [5.74, 6) is -0.302. The molecule has 0 spiro atoms. The summed E-state index contributed by atoms with van der Waals surface area (Å²) in [6, 6.07) is 6.09. The summed E-state index contributed by atoms with van der Waals surface area (Å²) in [5, 5.41) is 5.96. The zero-order valence-electron chi connectivity index (χ0n) is 13.8. The lowest BCUT2D eigenvalue weighted by Crippen LogP contribution is -2.38. The Morgan fingerprint density at radius 2 is 2.09 bits per heavy atom. The van der Waals surface area contributed by atoms with Crippen LogP contribution in [0.3, 0.4) is 0 Å². The number of benzene rings is 1. The van der Waals surface area contributed by atoms with Gasteiger partial charge in [0.05, 0.1) is 11.5 Å². The highest BCUT2D eigenvalue weighted by Crippen LogP contribution is 2.11. The maximum Gasteiger partial charge on any atom is 0.251 e. The Morgan fingerprint density at radius 1 is 1.35 bits per heavy atom.